The third kappa shape index (κ3) is 17.1. The van der Waals surface area contributed by atoms with Crippen LogP contribution in [0.4, 0.5) is 0 Å². The van der Waals surface area contributed by atoms with E-state index < -0.39 is 18.2 Å². The molecular formula is C45H82N2O3. The van der Waals surface area contributed by atoms with E-state index in [9.17, 15) is 4.79 Å². The fraction of sp³-hybridized carbons (Fsp3) is 0.267. The molecular weight excluding hydrogens is 617 g/mol. The van der Waals surface area contributed by atoms with E-state index in [1.54, 1.807) is 19.1 Å². The van der Waals surface area contributed by atoms with Crippen LogP contribution in [0.1, 0.15) is 60.9 Å². The van der Waals surface area contributed by atoms with E-state index in [1.807, 2.05) is 19.1 Å². The van der Waals surface area contributed by atoms with Gasteiger partial charge in [-0.05, 0) is 120 Å². The summed E-state index contributed by atoms with van der Waals surface area (Å²) < 4.78 is 12.5. The molecule has 1 amide bonds. The van der Waals surface area contributed by atoms with Gasteiger partial charge in [-0.3, -0.25) is 4.79 Å². The van der Waals surface area contributed by atoms with Crippen LogP contribution >= 0.6 is 0 Å². The van der Waals surface area contributed by atoms with Crippen LogP contribution in [0.2, 0.25) is 0 Å². The topological polar surface area (TPSA) is 73.6 Å². The summed E-state index contributed by atoms with van der Waals surface area (Å²) in [5.41, 5.74) is 6.29. The van der Waals surface area contributed by atoms with Crippen molar-refractivity contribution in [3.05, 3.63) is 50.6 Å². The molecule has 1 fully saturated rings. The van der Waals surface area contributed by atoms with Gasteiger partial charge < -0.3 is 20.5 Å². The second kappa shape index (κ2) is 27.2. The Hall–Kier alpha value is -6.97. The Bertz CT molecular complexity index is 2130. The zero-order valence-electron chi connectivity index (χ0n) is 28.1. The van der Waals surface area contributed by atoms with Gasteiger partial charge in [-0.15, -0.1) is 26.3 Å². The van der Waals surface area contributed by atoms with Gasteiger partial charge in [0.15, 0.2) is 6.29 Å². The smallest absolute Gasteiger partial charge is 0.297 e. The first-order valence-corrected chi connectivity index (χ1v) is 15.2. The van der Waals surface area contributed by atoms with Gasteiger partial charge >= 0.3 is 0 Å². The summed E-state index contributed by atoms with van der Waals surface area (Å²) >= 11 is 0. The highest BCUT2D eigenvalue weighted by Crippen LogP contribution is 2.39. The number of ether oxygens (including phenoxy) is 2. The van der Waals surface area contributed by atoms with Crippen molar-refractivity contribution in [2.75, 3.05) is 6.61 Å². The average molecular weight is 699 g/mol. The Kier molecular flexibility index (Phi) is 22.3. The van der Waals surface area contributed by atoms with Crippen molar-refractivity contribution < 1.29 is 48.5 Å². The lowest BCUT2D eigenvalue weighted by molar-refractivity contribution is -0.235. The molecule has 1 aliphatic heterocycles. The van der Waals surface area contributed by atoms with Crippen molar-refractivity contribution in [1.82, 2.24) is 5.32 Å². The molecule has 2 unspecified atom stereocenters. The first kappa shape index (κ1) is 41.1. The molecule has 5 nitrogen and oxygen atoms in total. The maximum absolute atomic E-state index is 12.5. The number of allylic oxidation sites excluding steroid dienone is 1. The van der Waals surface area contributed by atoms with Crippen molar-refractivity contribution >= 4 is 5.91 Å². The largest absolute Gasteiger partial charge is 0.350 e. The number of amides is 1. The molecule has 0 bridgehead atoms. The Balaban J connectivity index is -0.0000000473. The van der Waals surface area contributed by atoms with Crippen LogP contribution in [-0.4, -0.2) is 37.0 Å². The summed E-state index contributed by atoms with van der Waals surface area (Å²) in [6, 6.07) is -0.904. The molecule has 0 aromatic rings. The summed E-state index contributed by atoms with van der Waals surface area (Å²) in [5.74, 6) is 59.6. The van der Waals surface area contributed by atoms with Gasteiger partial charge in [0.2, 0.25) is 0 Å². The monoisotopic (exact) mass is 699 g/mol. The van der Waals surface area contributed by atoms with Gasteiger partial charge in [0, 0.05) is 93.6 Å². The molecule has 7 atom stereocenters. The SMILES string of the molecule is C=CCC1O[C@H](OC[C@H](NC(=O)C#CC#CC#CC#CC#CC#CC#CC#CC#CC#CC#CC#CC)[C@H](N)CC)[C@@H](C=C)C(C=C)[C@H]1C=C.[HH].[HH].[HH].[HH].[HH].[HH].[HH].[HH].[HH].[HH].[HH].[HH].[HH].[HH].[HH].[HH].[HH].[HH].[HH].[HH].[HH].[HH].[HH].[HH]. The Morgan fingerprint density at radius 2 is 1.14 bits per heavy atom. The van der Waals surface area contributed by atoms with Gasteiger partial charge in [-0.2, -0.15) is 0 Å². The van der Waals surface area contributed by atoms with Crippen LogP contribution in [-0.2, 0) is 14.3 Å². The standard InChI is InChI=1S/C45H34N2O3.24H2/c1-7-13-14-15-16-17-18-19-20-21-22-23-24-25-26-27-28-29-30-31-32-33-34-36-44(48)47-42(41(46)12-6)37-49-45-40(11-5)38(9-3)39(10-4)43(50-45)35-8-2;;;;;;;;;;;;;;;;;;;;;;;;/h8-11,38-43,45H,2-5,12,35,37,46H2,1,6H3,(H,47,48);24*1H/t38?,39-,40+,41-,42+,43?,45+;;;;;;;;;;;;;;;;;;;;;;;;/m1......................../s1. The lowest BCUT2D eigenvalue weighted by Crippen LogP contribution is -2.52. The predicted molar refractivity (Wildman–Crippen MR) is 250 cm³/mol. The minimum atomic E-state index is -0.617. The number of hydrogen-bond donors (Lipinski definition) is 2. The molecule has 0 aromatic heterocycles. The zero-order valence-corrected chi connectivity index (χ0v) is 28.1. The molecule has 0 saturated carbocycles. The van der Waals surface area contributed by atoms with Crippen LogP contribution in [0.15, 0.2) is 50.6 Å². The molecule has 1 rings (SSSR count). The second-order valence-electron chi connectivity index (χ2n) is 9.62. The average Bonchev–Trinajstić information content (AvgIpc) is 3.12. The molecule has 290 valence electrons. The van der Waals surface area contributed by atoms with Gasteiger partial charge in [0.25, 0.3) is 5.91 Å². The van der Waals surface area contributed by atoms with Crippen LogP contribution in [0.5, 0.6) is 0 Å². The summed E-state index contributed by atoms with van der Waals surface area (Å²) in [6.07, 6.45) is 7.76. The van der Waals surface area contributed by atoms with Crippen LogP contribution in [0.25, 0.3) is 0 Å². The first-order chi connectivity index (χ1) is 24.5. The maximum atomic E-state index is 12.5. The third-order valence-electron chi connectivity index (χ3n) is 6.52. The molecule has 0 aliphatic carbocycles. The second-order valence-corrected chi connectivity index (χ2v) is 9.62. The predicted octanol–water partition coefficient (Wildman–Crippen LogP) is 8.90. The summed E-state index contributed by atoms with van der Waals surface area (Å²) in [5, 5.41) is 2.81. The summed E-state index contributed by atoms with van der Waals surface area (Å²) in [4.78, 5) is 12.5. The third-order valence-corrected chi connectivity index (χ3v) is 6.52. The lowest BCUT2D eigenvalue weighted by atomic mass is 9.75. The number of carbonyl (C=O) groups is 1. The van der Waals surface area contributed by atoms with Gasteiger partial charge in [0.1, 0.15) is 0 Å². The molecule has 1 heterocycles. The van der Waals surface area contributed by atoms with E-state index in [1.165, 1.54) is 0 Å². The molecule has 1 saturated heterocycles. The molecule has 0 radical (unpaired) electrons. The zero-order chi connectivity index (χ0) is 36.7. The minimum absolute atomic E-state index is 0. The highest BCUT2D eigenvalue weighted by molar-refractivity contribution is 5.94. The summed E-state index contributed by atoms with van der Waals surface area (Å²) in [6.45, 7) is 19.5. The number of hydrogen-bond acceptors (Lipinski definition) is 4. The maximum Gasteiger partial charge on any atom is 0.297 e. The quantitative estimate of drug-likeness (QED) is 0.167. The Morgan fingerprint density at radius 3 is 1.52 bits per heavy atom. The molecule has 1 aliphatic rings. The van der Waals surface area contributed by atoms with E-state index in [-0.39, 0.29) is 70.7 Å². The highest BCUT2D eigenvalue weighted by Gasteiger charge is 2.42. The number of carbonyl (C=O) groups excluding carboxylic acids is 1. The van der Waals surface area contributed by atoms with E-state index in [0.717, 1.165) is 0 Å². The Labute approximate surface area is 334 Å². The van der Waals surface area contributed by atoms with E-state index in [0.29, 0.717) is 12.8 Å². The van der Waals surface area contributed by atoms with Crippen molar-refractivity contribution in [3.8, 4) is 142 Å². The van der Waals surface area contributed by atoms with E-state index in [2.05, 4.69) is 174 Å². The number of nitrogens with one attached hydrogen (secondary N) is 1. The fourth-order valence-electron chi connectivity index (χ4n) is 4.19. The normalized spacial score (nSPS) is 17.9. The van der Waals surface area contributed by atoms with Crippen molar-refractivity contribution in [2.24, 2.45) is 23.5 Å². The molecule has 50 heavy (non-hydrogen) atoms. The van der Waals surface area contributed by atoms with E-state index in [4.69, 9.17) is 15.2 Å². The molecule has 5 heteroatoms. The van der Waals surface area contributed by atoms with Crippen molar-refractivity contribution in [2.45, 2.75) is 51.2 Å². The first-order valence-electron chi connectivity index (χ1n) is 15.2. The molecule has 0 aromatic carbocycles. The van der Waals surface area contributed by atoms with Crippen LogP contribution < -0.4 is 11.1 Å². The minimum Gasteiger partial charge on any atom is -0.350 e. The van der Waals surface area contributed by atoms with Crippen molar-refractivity contribution in [3.63, 3.8) is 0 Å². The molecule has 3 N–H and O–H groups in total. The molecule has 0 spiro atoms. The lowest BCUT2D eigenvalue weighted by Gasteiger charge is -2.44. The number of nitrogens with two attached hydrogens (primary N) is 1. The van der Waals surface area contributed by atoms with Crippen LogP contribution in [0, 0.1) is 160 Å². The highest BCUT2D eigenvalue weighted by atomic mass is 16.7. The van der Waals surface area contributed by atoms with Gasteiger partial charge in [-0.1, -0.05) is 37.1 Å². The van der Waals surface area contributed by atoms with E-state index >= 15 is 0 Å². The van der Waals surface area contributed by atoms with Crippen LogP contribution in [0.3, 0.4) is 0 Å². The van der Waals surface area contributed by atoms with Gasteiger partial charge in [-0.25, -0.2) is 0 Å². The van der Waals surface area contributed by atoms with Crippen molar-refractivity contribution in [1.29, 1.82) is 0 Å². The van der Waals surface area contributed by atoms with Gasteiger partial charge in [0.05, 0.1) is 18.8 Å². The summed E-state index contributed by atoms with van der Waals surface area (Å²) in [7, 11) is 0. The Morgan fingerprint density at radius 1 is 0.720 bits per heavy atom. The number of rotatable bonds is 11. The fourth-order valence-corrected chi connectivity index (χ4v) is 4.19.